The predicted molar refractivity (Wildman–Crippen MR) is 113 cm³/mol. The minimum atomic E-state index is 0.590. The number of nitrogens with zero attached hydrogens (tertiary/aromatic N) is 5. The van der Waals surface area contributed by atoms with Crippen molar-refractivity contribution >= 4 is 33.9 Å². The molecule has 4 aromatic rings. The third kappa shape index (κ3) is 5.30. The number of aromatic nitrogens is 5. The van der Waals surface area contributed by atoms with Crippen LogP contribution >= 0.6 is 23.1 Å². The lowest BCUT2D eigenvalue weighted by molar-refractivity contribution is 0.378. The van der Waals surface area contributed by atoms with Crippen molar-refractivity contribution in [2.24, 2.45) is 0 Å². The molecular weight excluding hydrogens is 408 g/mol. The molecule has 148 valence electrons. The van der Waals surface area contributed by atoms with Crippen molar-refractivity contribution in [3.05, 3.63) is 54.7 Å². The first kappa shape index (κ1) is 19.3. The summed E-state index contributed by atoms with van der Waals surface area (Å²) < 4.78 is 11.5. The molecule has 3 aromatic heterocycles. The summed E-state index contributed by atoms with van der Waals surface area (Å²) in [5.74, 6) is 2.91. The maximum absolute atomic E-state index is 5.32. The largest absolute Gasteiger partial charge is 0.497 e. The molecule has 4 rings (SSSR count). The second-order valence-electron chi connectivity index (χ2n) is 5.93. The van der Waals surface area contributed by atoms with Crippen LogP contribution in [0.5, 0.6) is 5.75 Å². The first-order valence-corrected chi connectivity index (χ1v) is 10.7. The zero-order valence-electron chi connectivity index (χ0n) is 15.6. The van der Waals surface area contributed by atoms with Crippen molar-refractivity contribution in [1.82, 2.24) is 25.3 Å². The Balaban J connectivity index is 1.24. The Morgan fingerprint density at radius 2 is 2.07 bits per heavy atom. The van der Waals surface area contributed by atoms with Gasteiger partial charge in [0.15, 0.2) is 4.34 Å². The average molecular weight is 427 g/mol. The van der Waals surface area contributed by atoms with Crippen LogP contribution in [0.25, 0.3) is 11.4 Å². The molecule has 8 nitrogen and oxygen atoms in total. The number of anilines is 2. The molecule has 0 aliphatic rings. The zero-order valence-corrected chi connectivity index (χ0v) is 17.2. The molecule has 0 unspecified atom stereocenters. The van der Waals surface area contributed by atoms with E-state index in [4.69, 9.17) is 9.26 Å². The van der Waals surface area contributed by atoms with E-state index >= 15 is 0 Å². The van der Waals surface area contributed by atoms with E-state index in [2.05, 4.69) is 30.6 Å². The summed E-state index contributed by atoms with van der Waals surface area (Å²) in [5, 5.41) is 16.4. The van der Waals surface area contributed by atoms with Crippen LogP contribution < -0.4 is 10.1 Å². The third-order valence-electron chi connectivity index (χ3n) is 3.89. The predicted octanol–water partition coefficient (Wildman–Crippen LogP) is 4.46. The van der Waals surface area contributed by atoms with Crippen LogP contribution in [0, 0.1) is 0 Å². The van der Waals surface area contributed by atoms with Crippen LogP contribution in [0.1, 0.15) is 12.3 Å². The maximum Gasteiger partial charge on any atom is 0.226 e. The quantitative estimate of drug-likeness (QED) is 0.307. The lowest BCUT2D eigenvalue weighted by Gasteiger charge is -2.04. The topological polar surface area (TPSA) is 98.8 Å². The highest BCUT2D eigenvalue weighted by Gasteiger charge is 2.09. The summed E-state index contributed by atoms with van der Waals surface area (Å²) in [6, 6.07) is 11.4. The fourth-order valence-electron chi connectivity index (χ4n) is 2.50. The summed E-state index contributed by atoms with van der Waals surface area (Å²) in [6.45, 7) is 0. The van der Waals surface area contributed by atoms with Gasteiger partial charge < -0.3 is 14.6 Å². The van der Waals surface area contributed by atoms with E-state index < -0.39 is 0 Å². The molecule has 0 atom stereocenters. The highest BCUT2D eigenvalue weighted by Crippen LogP contribution is 2.29. The van der Waals surface area contributed by atoms with Crippen LogP contribution in [0.3, 0.4) is 0 Å². The summed E-state index contributed by atoms with van der Waals surface area (Å²) in [7, 11) is 1.65. The molecule has 0 saturated heterocycles. The fraction of sp³-hybridized carbons (Fsp3) is 0.211. The van der Waals surface area contributed by atoms with Gasteiger partial charge in [0.25, 0.3) is 0 Å². The molecule has 0 spiro atoms. The van der Waals surface area contributed by atoms with Gasteiger partial charge in [-0.15, -0.1) is 10.2 Å². The van der Waals surface area contributed by atoms with E-state index in [0.717, 1.165) is 45.1 Å². The second-order valence-corrected chi connectivity index (χ2v) is 8.25. The molecule has 29 heavy (non-hydrogen) atoms. The average Bonchev–Trinajstić information content (AvgIpc) is 3.42. The summed E-state index contributed by atoms with van der Waals surface area (Å²) in [6.07, 6.45) is 5.04. The maximum atomic E-state index is 5.32. The monoisotopic (exact) mass is 426 g/mol. The van der Waals surface area contributed by atoms with E-state index in [1.807, 2.05) is 36.4 Å². The molecule has 10 heteroatoms. The van der Waals surface area contributed by atoms with E-state index in [0.29, 0.717) is 11.7 Å². The molecular formula is C19H18N6O2S2. The SMILES string of the molecule is COc1cccc(Nc2nnc(SCCCc3nc(-c4ccncc4)no3)s2)c1. The first-order chi connectivity index (χ1) is 14.3. The van der Waals surface area contributed by atoms with Gasteiger partial charge in [0, 0.05) is 41.9 Å². The molecule has 0 amide bonds. The van der Waals surface area contributed by atoms with E-state index in [1.165, 1.54) is 11.3 Å². The van der Waals surface area contributed by atoms with Crippen LogP contribution in [-0.4, -0.2) is 38.2 Å². The highest BCUT2D eigenvalue weighted by molar-refractivity contribution is 8.01. The molecule has 0 saturated carbocycles. The van der Waals surface area contributed by atoms with Crippen molar-refractivity contribution in [3.63, 3.8) is 0 Å². The minimum Gasteiger partial charge on any atom is -0.497 e. The Bertz CT molecular complexity index is 1050. The van der Waals surface area contributed by atoms with Crippen molar-refractivity contribution in [2.75, 3.05) is 18.2 Å². The van der Waals surface area contributed by atoms with Crippen molar-refractivity contribution in [3.8, 4) is 17.1 Å². The number of aryl methyl sites for hydroxylation is 1. The number of benzene rings is 1. The van der Waals surface area contributed by atoms with Crippen LogP contribution in [0.15, 0.2) is 57.7 Å². The number of methoxy groups -OCH3 is 1. The number of hydrogen-bond acceptors (Lipinski definition) is 10. The van der Waals surface area contributed by atoms with E-state index in [-0.39, 0.29) is 0 Å². The Morgan fingerprint density at radius 3 is 2.93 bits per heavy atom. The van der Waals surface area contributed by atoms with Gasteiger partial charge in [0.1, 0.15) is 5.75 Å². The van der Waals surface area contributed by atoms with Gasteiger partial charge in [0.2, 0.25) is 16.8 Å². The van der Waals surface area contributed by atoms with Gasteiger partial charge in [-0.3, -0.25) is 4.98 Å². The van der Waals surface area contributed by atoms with Gasteiger partial charge >= 0.3 is 0 Å². The molecule has 0 bridgehead atoms. The standard InChI is InChI=1S/C19H18N6O2S2/c1-26-15-5-2-4-14(12-15)21-18-23-24-19(29-18)28-11-3-6-16-22-17(25-27-16)13-7-9-20-10-8-13/h2,4-5,7-10,12H,3,6,11H2,1H3,(H,21,23). The second kappa shape index (κ2) is 9.48. The number of pyridine rings is 1. The zero-order chi connectivity index (χ0) is 19.9. The number of ether oxygens (including phenoxy) is 1. The van der Waals surface area contributed by atoms with Crippen LogP contribution in [-0.2, 0) is 6.42 Å². The Hall–Kier alpha value is -2.98. The normalized spacial score (nSPS) is 10.8. The van der Waals surface area contributed by atoms with Crippen LogP contribution in [0.4, 0.5) is 10.8 Å². The molecule has 1 N–H and O–H groups in total. The number of thioether (sulfide) groups is 1. The van der Waals surface area contributed by atoms with Crippen molar-refractivity contribution < 1.29 is 9.26 Å². The molecule has 0 aliphatic carbocycles. The molecule has 1 aromatic carbocycles. The van der Waals surface area contributed by atoms with Gasteiger partial charge in [0.05, 0.1) is 7.11 Å². The third-order valence-corrected chi connectivity index (χ3v) is 5.95. The lowest BCUT2D eigenvalue weighted by atomic mass is 10.2. The summed E-state index contributed by atoms with van der Waals surface area (Å²) in [4.78, 5) is 8.42. The molecule has 0 fully saturated rings. The van der Waals surface area contributed by atoms with Gasteiger partial charge in [-0.1, -0.05) is 34.3 Å². The Labute approximate surface area is 175 Å². The number of hydrogen-bond donors (Lipinski definition) is 1. The van der Waals surface area contributed by atoms with Gasteiger partial charge in [-0.2, -0.15) is 4.98 Å². The number of rotatable bonds is 9. The molecule has 0 radical (unpaired) electrons. The summed E-state index contributed by atoms with van der Waals surface area (Å²) >= 11 is 3.18. The Morgan fingerprint density at radius 1 is 1.17 bits per heavy atom. The molecule has 3 heterocycles. The van der Waals surface area contributed by atoms with Crippen LogP contribution in [0.2, 0.25) is 0 Å². The number of nitrogens with one attached hydrogen (secondary N) is 1. The smallest absolute Gasteiger partial charge is 0.226 e. The summed E-state index contributed by atoms with van der Waals surface area (Å²) in [5.41, 5.74) is 1.81. The lowest BCUT2D eigenvalue weighted by Crippen LogP contribution is -1.90. The van der Waals surface area contributed by atoms with Gasteiger partial charge in [-0.05, 0) is 30.7 Å². The fourth-order valence-corrected chi connectivity index (χ4v) is 4.28. The highest BCUT2D eigenvalue weighted by atomic mass is 32.2. The molecule has 0 aliphatic heterocycles. The van der Waals surface area contributed by atoms with Gasteiger partial charge in [-0.25, -0.2) is 0 Å². The minimum absolute atomic E-state index is 0.590. The van der Waals surface area contributed by atoms with Crippen molar-refractivity contribution in [1.29, 1.82) is 0 Å². The Kier molecular flexibility index (Phi) is 6.32. The van der Waals surface area contributed by atoms with E-state index in [9.17, 15) is 0 Å². The first-order valence-electron chi connectivity index (χ1n) is 8.90. The van der Waals surface area contributed by atoms with Crippen molar-refractivity contribution in [2.45, 2.75) is 17.2 Å². The van der Waals surface area contributed by atoms with E-state index in [1.54, 1.807) is 31.3 Å².